The Balaban J connectivity index is 1.91. The summed E-state index contributed by atoms with van der Waals surface area (Å²) in [5, 5.41) is -0.233. The normalized spacial score (nSPS) is 20.7. The van der Waals surface area contributed by atoms with E-state index in [4.69, 9.17) is 0 Å². The van der Waals surface area contributed by atoms with Crippen molar-refractivity contribution in [2.75, 3.05) is 18.6 Å². The van der Waals surface area contributed by atoms with Gasteiger partial charge in [-0.05, 0) is 24.2 Å². The third-order valence-electron chi connectivity index (χ3n) is 3.36. The van der Waals surface area contributed by atoms with E-state index in [-0.39, 0.29) is 11.2 Å². The number of benzene rings is 1. The summed E-state index contributed by atoms with van der Waals surface area (Å²) in [4.78, 5) is 14.2. The monoisotopic (exact) mass is 281 g/mol. The number of carbonyl (C=O) groups excluding carboxylic acids is 1. The Hall–Kier alpha value is -0.610. The van der Waals surface area contributed by atoms with Crippen LogP contribution in [0.5, 0.6) is 0 Å². The van der Waals surface area contributed by atoms with Crippen LogP contribution in [0.1, 0.15) is 12.0 Å². The molecule has 1 aromatic carbocycles. The van der Waals surface area contributed by atoms with E-state index < -0.39 is 0 Å². The van der Waals surface area contributed by atoms with Crippen molar-refractivity contribution in [2.24, 2.45) is 0 Å². The molecule has 1 fully saturated rings. The largest absolute Gasteiger partial charge is 0.341 e. The van der Waals surface area contributed by atoms with Crippen LogP contribution < -0.4 is 0 Å². The lowest BCUT2D eigenvalue weighted by molar-refractivity contribution is -0.130. The van der Waals surface area contributed by atoms with Crippen molar-refractivity contribution in [3.8, 4) is 0 Å². The molecular formula is C14H19NOS2. The second-order valence-electron chi connectivity index (χ2n) is 4.67. The highest BCUT2D eigenvalue weighted by atomic mass is 32.2. The van der Waals surface area contributed by atoms with E-state index in [2.05, 4.69) is 12.6 Å². The number of amides is 1. The average Bonchev–Trinajstić information content (AvgIpc) is 2.92. The Morgan fingerprint density at radius 2 is 2.22 bits per heavy atom. The number of thioether (sulfide) groups is 1. The van der Waals surface area contributed by atoms with Gasteiger partial charge in [0.05, 0.1) is 5.25 Å². The van der Waals surface area contributed by atoms with Crippen LogP contribution >= 0.6 is 24.4 Å². The van der Waals surface area contributed by atoms with E-state index in [1.165, 1.54) is 5.56 Å². The van der Waals surface area contributed by atoms with Gasteiger partial charge in [0.2, 0.25) is 5.91 Å². The fraction of sp³-hybridized carbons (Fsp3) is 0.500. The predicted octanol–water partition coefficient (Wildman–Crippen LogP) is 2.49. The van der Waals surface area contributed by atoms with E-state index in [1.807, 2.05) is 54.0 Å². The van der Waals surface area contributed by atoms with Gasteiger partial charge >= 0.3 is 0 Å². The molecule has 98 valence electrons. The van der Waals surface area contributed by atoms with Crippen LogP contribution in [0.3, 0.4) is 0 Å². The van der Waals surface area contributed by atoms with Crippen molar-refractivity contribution in [3.63, 3.8) is 0 Å². The SMILES string of the molecule is CN(C(=O)C(S)Cc1ccccc1)C1CCSC1. The lowest BCUT2D eigenvalue weighted by atomic mass is 10.1. The maximum absolute atomic E-state index is 12.3. The summed E-state index contributed by atoms with van der Waals surface area (Å²) >= 11 is 6.40. The molecule has 18 heavy (non-hydrogen) atoms. The van der Waals surface area contributed by atoms with Gasteiger partial charge in [0.15, 0.2) is 0 Å². The van der Waals surface area contributed by atoms with Gasteiger partial charge < -0.3 is 4.90 Å². The molecule has 4 heteroatoms. The van der Waals surface area contributed by atoms with Gasteiger partial charge in [-0.15, -0.1) is 0 Å². The fourth-order valence-corrected chi connectivity index (χ4v) is 3.83. The molecule has 2 rings (SSSR count). The Morgan fingerprint density at radius 1 is 1.50 bits per heavy atom. The van der Waals surface area contributed by atoms with Crippen LogP contribution in [0.15, 0.2) is 30.3 Å². The topological polar surface area (TPSA) is 20.3 Å². The summed E-state index contributed by atoms with van der Waals surface area (Å²) in [7, 11) is 1.91. The average molecular weight is 281 g/mol. The Morgan fingerprint density at radius 3 is 2.83 bits per heavy atom. The van der Waals surface area contributed by atoms with Crippen molar-refractivity contribution in [3.05, 3.63) is 35.9 Å². The first-order valence-electron chi connectivity index (χ1n) is 6.25. The molecular weight excluding hydrogens is 262 g/mol. The molecule has 1 aliphatic rings. The van der Waals surface area contributed by atoms with E-state index in [9.17, 15) is 4.79 Å². The third-order valence-corrected chi connectivity index (χ3v) is 4.91. The van der Waals surface area contributed by atoms with Crippen LogP contribution in [-0.4, -0.2) is 40.7 Å². The predicted molar refractivity (Wildman–Crippen MR) is 81.4 cm³/mol. The highest BCUT2D eigenvalue weighted by Gasteiger charge is 2.27. The van der Waals surface area contributed by atoms with Crippen molar-refractivity contribution >= 4 is 30.3 Å². The van der Waals surface area contributed by atoms with Gasteiger partial charge in [0.25, 0.3) is 0 Å². The van der Waals surface area contributed by atoms with E-state index in [0.717, 1.165) is 17.9 Å². The molecule has 1 aliphatic heterocycles. The highest BCUT2D eigenvalue weighted by Crippen LogP contribution is 2.22. The summed E-state index contributed by atoms with van der Waals surface area (Å²) in [5.41, 5.74) is 1.17. The standard InChI is InChI=1S/C14H19NOS2/c1-15(12-7-8-18-10-12)14(16)13(17)9-11-5-3-2-4-6-11/h2-6,12-13,17H,7-10H2,1H3. The number of hydrogen-bond donors (Lipinski definition) is 1. The molecule has 0 spiro atoms. The van der Waals surface area contributed by atoms with Gasteiger partial charge in [0.1, 0.15) is 0 Å². The van der Waals surface area contributed by atoms with Gasteiger partial charge in [-0.1, -0.05) is 30.3 Å². The molecule has 2 unspecified atom stereocenters. The molecule has 1 saturated heterocycles. The third kappa shape index (κ3) is 3.45. The lowest BCUT2D eigenvalue weighted by Crippen LogP contribution is -2.42. The fourth-order valence-electron chi connectivity index (χ4n) is 2.17. The van der Waals surface area contributed by atoms with E-state index in [1.54, 1.807) is 0 Å². The zero-order chi connectivity index (χ0) is 13.0. The van der Waals surface area contributed by atoms with Crippen molar-refractivity contribution in [1.82, 2.24) is 4.90 Å². The summed E-state index contributed by atoms with van der Waals surface area (Å²) < 4.78 is 0. The molecule has 2 nitrogen and oxygen atoms in total. The van der Waals surface area contributed by atoms with Gasteiger partial charge in [-0.25, -0.2) is 0 Å². The number of carbonyl (C=O) groups is 1. The second kappa shape index (κ2) is 6.53. The maximum Gasteiger partial charge on any atom is 0.235 e. The summed E-state index contributed by atoms with van der Waals surface area (Å²) in [6.07, 6.45) is 1.81. The minimum atomic E-state index is -0.233. The minimum absolute atomic E-state index is 0.148. The summed E-state index contributed by atoms with van der Waals surface area (Å²) in [5.74, 6) is 2.38. The van der Waals surface area contributed by atoms with Crippen LogP contribution in [0.4, 0.5) is 0 Å². The van der Waals surface area contributed by atoms with E-state index in [0.29, 0.717) is 12.5 Å². The first kappa shape index (κ1) is 13.8. The Kier molecular flexibility index (Phi) is 5.01. The molecule has 0 bridgehead atoms. The van der Waals surface area contributed by atoms with Gasteiger partial charge in [-0.2, -0.15) is 24.4 Å². The van der Waals surface area contributed by atoms with Crippen molar-refractivity contribution < 1.29 is 4.79 Å². The summed E-state index contributed by atoms with van der Waals surface area (Å²) in [6.45, 7) is 0. The van der Waals surface area contributed by atoms with Crippen LogP contribution in [0.25, 0.3) is 0 Å². The van der Waals surface area contributed by atoms with Crippen molar-refractivity contribution in [1.29, 1.82) is 0 Å². The molecule has 0 radical (unpaired) electrons. The molecule has 0 aromatic heterocycles. The van der Waals surface area contributed by atoms with Crippen molar-refractivity contribution in [2.45, 2.75) is 24.1 Å². The van der Waals surface area contributed by atoms with Crippen LogP contribution in [0, 0.1) is 0 Å². The smallest absolute Gasteiger partial charge is 0.235 e. The maximum atomic E-state index is 12.3. The summed E-state index contributed by atoms with van der Waals surface area (Å²) in [6, 6.07) is 10.5. The molecule has 1 heterocycles. The second-order valence-corrected chi connectivity index (χ2v) is 6.45. The Labute approximate surface area is 119 Å². The minimum Gasteiger partial charge on any atom is -0.341 e. The van der Waals surface area contributed by atoms with Gasteiger partial charge in [0, 0.05) is 18.8 Å². The zero-order valence-corrected chi connectivity index (χ0v) is 12.3. The first-order chi connectivity index (χ1) is 8.68. The number of hydrogen-bond acceptors (Lipinski definition) is 3. The number of nitrogens with zero attached hydrogens (tertiary/aromatic N) is 1. The molecule has 0 aliphatic carbocycles. The number of thiol groups is 1. The molecule has 1 amide bonds. The van der Waals surface area contributed by atoms with Crippen LogP contribution in [0.2, 0.25) is 0 Å². The highest BCUT2D eigenvalue weighted by molar-refractivity contribution is 7.99. The molecule has 2 atom stereocenters. The van der Waals surface area contributed by atoms with E-state index >= 15 is 0 Å². The van der Waals surface area contributed by atoms with Crippen LogP contribution in [-0.2, 0) is 11.2 Å². The molecule has 1 aromatic rings. The number of rotatable bonds is 4. The lowest BCUT2D eigenvalue weighted by Gasteiger charge is -2.26. The molecule has 0 saturated carbocycles. The quantitative estimate of drug-likeness (QED) is 0.856. The zero-order valence-electron chi connectivity index (χ0n) is 10.6. The van der Waals surface area contributed by atoms with Gasteiger partial charge in [-0.3, -0.25) is 4.79 Å². The molecule has 0 N–H and O–H groups in total. The Bertz CT molecular complexity index is 390. The first-order valence-corrected chi connectivity index (χ1v) is 7.92.